The first-order valence-electron chi connectivity index (χ1n) is 5.32. The van der Waals surface area contributed by atoms with Crippen LogP contribution in [0.5, 0.6) is 5.75 Å². The maximum absolute atomic E-state index is 10.6. The highest BCUT2D eigenvalue weighted by Gasteiger charge is 2.14. The van der Waals surface area contributed by atoms with Gasteiger partial charge in [0.2, 0.25) is 0 Å². The lowest BCUT2D eigenvalue weighted by molar-refractivity contribution is -0.389. The van der Waals surface area contributed by atoms with E-state index in [0.29, 0.717) is 10.7 Å². The SMILES string of the molecule is Cc1cc([N+](=O)[O-])nn1N=Cc1cc(Cl)cc(Cl)c1O. The van der Waals surface area contributed by atoms with Crippen LogP contribution in [0, 0.1) is 17.0 Å². The van der Waals surface area contributed by atoms with Crippen molar-refractivity contribution in [3.05, 3.63) is 49.6 Å². The molecule has 0 aliphatic carbocycles. The number of rotatable bonds is 3. The van der Waals surface area contributed by atoms with Crippen molar-refractivity contribution in [3.8, 4) is 5.75 Å². The summed E-state index contributed by atoms with van der Waals surface area (Å²) in [5.41, 5.74) is 0.751. The first-order valence-corrected chi connectivity index (χ1v) is 6.07. The molecule has 1 aromatic carbocycles. The van der Waals surface area contributed by atoms with Gasteiger partial charge in [0, 0.05) is 10.6 Å². The standard InChI is InChI=1S/C11H8Cl2N4O3/c1-6-2-10(17(19)20)15-16(6)14-5-7-3-8(12)4-9(13)11(7)18/h2-5,18H,1H3. The van der Waals surface area contributed by atoms with Crippen LogP contribution >= 0.6 is 23.2 Å². The van der Waals surface area contributed by atoms with E-state index in [1.807, 2.05) is 0 Å². The van der Waals surface area contributed by atoms with Gasteiger partial charge in [-0.15, -0.1) is 5.10 Å². The van der Waals surface area contributed by atoms with Gasteiger partial charge in [-0.1, -0.05) is 28.0 Å². The summed E-state index contributed by atoms with van der Waals surface area (Å²) in [6.45, 7) is 1.61. The molecule has 20 heavy (non-hydrogen) atoms. The highest BCUT2D eigenvalue weighted by atomic mass is 35.5. The van der Waals surface area contributed by atoms with Gasteiger partial charge in [0.15, 0.2) is 0 Å². The summed E-state index contributed by atoms with van der Waals surface area (Å²) in [4.78, 5) is 11.0. The molecule has 1 N–H and O–H groups in total. The number of nitro groups is 1. The Kier molecular flexibility index (Phi) is 3.91. The van der Waals surface area contributed by atoms with Crippen molar-refractivity contribution in [2.75, 3.05) is 0 Å². The molecule has 9 heteroatoms. The van der Waals surface area contributed by atoms with Crippen LogP contribution in [0.2, 0.25) is 10.0 Å². The van der Waals surface area contributed by atoms with Crippen LogP contribution in [-0.4, -0.2) is 26.1 Å². The Hall–Kier alpha value is -2.12. The molecule has 1 heterocycles. The van der Waals surface area contributed by atoms with E-state index < -0.39 is 4.92 Å². The molecule has 0 atom stereocenters. The molecule has 0 unspecified atom stereocenters. The van der Waals surface area contributed by atoms with Crippen molar-refractivity contribution in [1.82, 2.24) is 9.89 Å². The first-order chi connectivity index (χ1) is 9.38. The maximum atomic E-state index is 10.6. The minimum Gasteiger partial charge on any atom is -0.506 e. The molecule has 0 saturated carbocycles. The third-order valence-electron chi connectivity index (χ3n) is 2.40. The quantitative estimate of drug-likeness (QED) is 0.535. The average Bonchev–Trinajstić information content (AvgIpc) is 2.74. The zero-order chi connectivity index (χ0) is 14.9. The fourth-order valence-corrected chi connectivity index (χ4v) is 1.97. The molecule has 7 nitrogen and oxygen atoms in total. The predicted octanol–water partition coefficient (Wildman–Crippen LogP) is 2.99. The van der Waals surface area contributed by atoms with Crippen molar-refractivity contribution >= 4 is 35.2 Å². The zero-order valence-corrected chi connectivity index (χ0v) is 11.6. The van der Waals surface area contributed by atoms with Gasteiger partial charge in [0.25, 0.3) is 0 Å². The number of nitrogens with zero attached hydrogens (tertiary/aromatic N) is 4. The van der Waals surface area contributed by atoms with Gasteiger partial charge in [0.1, 0.15) is 5.75 Å². The highest BCUT2D eigenvalue weighted by Crippen LogP contribution is 2.30. The van der Waals surface area contributed by atoms with E-state index in [2.05, 4.69) is 10.2 Å². The number of phenols is 1. The molecule has 0 fully saturated rings. The van der Waals surface area contributed by atoms with Gasteiger partial charge in [-0.2, -0.15) is 0 Å². The summed E-state index contributed by atoms with van der Waals surface area (Å²) in [7, 11) is 0. The molecular formula is C11H8Cl2N4O3. The summed E-state index contributed by atoms with van der Waals surface area (Å²) in [6, 6.07) is 4.13. The number of phenolic OH excluding ortho intramolecular Hbond substituents is 1. The lowest BCUT2D eigenvalue weighted by Crippen LogP contribution is -1.97. The Morgan fingerprint density at radius 3 is 2.75 bits per heavy atom. The van der Waals surface area contributed by atoms with Gasteiger partial charge < -0.3 is 15.2 Å². The summed E-state index contributed by atoms with van der Waals surface area (Å²) in [6.07, 6.45) is 1.26. The number of halogens is 2. The molecule has 0 aliphatic heterocycles. The number of hydrogen-bond donors (Lipinski definition) is 1. The third kappa shape index (κ3) is 2.89. The Bertz CT molecular complexity index is 712. The number of aryl methyl sites for hydroxylation is 1. The third-order valence-corrected chi connectivity index (χ3v) is 2.91. The van der Waals surface area contributed by atoms with Crippen LogP contribution in [0.15, 0.2) is 23.3 Å². The molecule has 0 radical (unpaired) electrons. The average molecular weight is 315 g/mol. The monoisotopic (exact) mass is 314 g/mol. The molecule has 104 valence electrons. The number of hydrogen-bond acceptors (Lipinski definition) is 5. The Morgan fingerprint density at radius 1 is 1.45 bits per heavy atom. The molecule has 2 aromatic rings. The Balaban J connectivity index is 2.37. The normalized spacial score (nSPS) is 11.2. The van der Waals surface area contributed by atoms with Crippen LogP contribution in [0.1, 0.15) is 11.3 Å². The Morgan fingerprint density at radius 2 is 2.15 bits per heavy atom. The number of benzene rings is 1. The predicted molar refractivity (Wildman–Crippen MR) is 74.7 cm³/mol. The number of aromatic hydroxyl groups is 1. The van der Waals surface area contributed by atoms with Crippen molar-refractivity contribution in [2.24, 2.45) is 5.10 Å². The van der Waals surface area contributed by atoms with Crippen molar-refractivity contribution < 1.29 is 10.0 Å². The highest BCUT2D eigenvalue weighted by molar-refractivity contribution is 6.36. The zero-order valence-electron chi connectivity index (χ0n) is 10.1. The van der Waals surface area contributed by atoms with Gasteiger partial charge in [-0.05, 0) is 24.0 Å². The van der Waals surface area contributed by atoms with E-state index in [-0.39, 0.29) is 22.2 Å². The molecule has 1 aromatic heterocycles. The summed E-state index contributed by atoms with van der Waals surface area (Å²) in [5.74, 6) is -0.493. The lowest BCUT2D eigenvalue weighted by atomic mass is 10.2. The molecule has 0 amide bonds. The summed E-state index contributed by atoms with van der Waals surface area (Å²) < 4.78 is 0. The van der Waals surface area contributed by atoms with Crippen LogP contribution in [0.25, 0.3) is 0 Å². The largest absolute Gasteiger partial charge is 0.506 e. The smallest absolute Gasteiger partial charge is 0.392 e. The minimum atomic E-state index is -0.618. The Labute approximate surface area is 123 Å². The molecular weight excluding hydrogens is 307 g/mol. The second-order valence-electron chi connectivity index (χ2n) is 3.86. The van der Waals surface area contributed by atoms with Crippen molar-refractivity contribution in [3.63, 3.8) is 0 Å². The van der Waals surface area contributed by atoms with Gasteiger partial charge in [-0.25, -0.2) is 0 Å². The lowest BCUT2D eigenvalue weighted by Gasteiger charge is -2.01. The molecule has 0 bridgehead atoms. The first kappa shape index (κ1) is 14.3. The second kappa shape index (κ2) is 5.48. The van der Waals surface area contributed by atoms with Crippen LogP contribution in [-0.2, 0) is 0 Å². The topological polar surface area (TPSA) is 93.5 Å². The number of aromatic nitrogens is 2. The van der Waals surface area contributed by atoms with Crippen LogP contribution in [0.4, 0.5) is 5.82 Å². The maximum Gasteiger partial charge on any atom is 0.392 e. The van der Waals surface area contributed by atoms with Gasteiger partial charge >= 0.3 is 5.82 Å². The van der Waals surface area contributed by atoms with E-state index in [0.717, 1.165) is 4.79 Å². The van der Waals surface area contributed by atoms with Crippen LogP contribution < -0.4 is 0 Å². The molecule has 0 aliphatic rings. The minimum absolute atomic E-state index is 0.0853. The molecule has 2 rings (SSSR count). The molecule has 0 saturated heterocycles. The fourth-order valence-electron chi connectivity index (χ4n) is 1.46. The van der Waals surface area contributed by atoms with E-state index in [1.54, 1.807) is 6.92 Å². The van der Waals surface area contributed by atoms with Crippen molar-refractivity contribution in [2.45, 2.75) is 6.92 Å². The van der Waals surface area contributed by atoms with E-state index in [1.165, 1.54) is 24.4 Å². The fraction of sp³-hybridized carbons (Fsp3) is 0.0909. The van der Waals surface area contributed by atoms with Crippen molar-refractivity contribution in [1.29, 1.82) is 0 Å². The second-order valence-corrected chi connectivity index (χ2v) is 4.70. The van der Waals surface area contributed by atoms with Gasteiger partial charge in [0.05, 0.1) is 28.1 Å². The van der Waals surface area contributed by atoms with E-state index in [9.17, 15) is 15.2 Å². The van der Waals surface area contributed by atoms with E-state index in [4.69, 9.17) is 23.2 Å². The van der Waals surface area contributed by atoms with Crippen LogP contribution in [0.3, 0.4) is 0 Å². The summed E-state index contributed by atoms with van der Waals surface area (Å²) >= 11 is 11.6. The van der Waals surface area contributed by atoms with E-state index >= 15 is 0 Å². The van der Waals surface area contributed by atoms with Gasteiger partial charge in [-0.3, -0.25) is 0 Å². The molecule has 0 spiro atoms. The summed E-state index contributed by atoms with van der Waals surface area (Å²) in [5, 5.41) is 28.3.